The smallest absolute Gasteiger partial charge is 0.266 e. The summed E-state index contributed by atoms with van der Waals surface area (Å²) in [6.45, 7) is 1.93. The Kier molecular flexibility index (Phi) is 6.68. The number of nitrogens with zero attached hydrogens (tertiary/aromatic N) is 3. The SMILES string of the molecule is Cc1ccccc1-n1c(SCC(=O)NN=Cc2ccc(Cl)cc2)nc2ccccc2c1=O. The number of fused-ring (bicyclic) bond motifs is 1. The highest BCUT2D eigenvalue weighted by atomic mass is 35.5. The molecule has 6 nitrogen and oxygen atoms in total. The molecule has 0 aliphatic carbocycles. The maximum absolute atomic E-state index is 13.3. The molecular weight excluding hydrogens is 444 g/mol. The van der Waals surface area contributed by atoms with Crippen molar-refractivity contribution in [1.82, 2.24) is 15.0 Å². The molecule has 0 bridgehead atoms. The number of nitrogens with one attached hydrogen (secondary N) is 1. The largest absolute Gasteiger partial charge is 0.272 e. The summed E-state index contributed by atoms with van der Waals surface area (Å²) in [7, 11) is 0. The first-order valence-corrected chi connectivity index (χ1v) is 11.2. The van der Waals surface area contributed by atoms with E-state index in [-0.39, 0.29) is 17.2 Å². The monoisotopic (exact) mass is 462 g/mol. The van der Waals surface area contributed by atoms with E-state index in [1.54, 1.807) is 41.0 Å². The average Bonchev–Trinajstić information content (AvgIpc) is 2.80. The zero-order chi connectivity index (χ0) is 22.5. The fraction of sp³-hybridized carbons (Fsp3) is 0.0833. The van der Waals surface area contributed by atoms with Crippen LogP contribution < -0.4 is 11.0 Å². The number of thioether (sulfide) groups is 1. The molecule has 8 heteroatoms. The fourth-order valence-electron chi connectivity index (χ4n) is 3.13. The summed E-state index contributed by atoms with van der Waals surface area (Å²) in [6, 6.07) is 21.9. The zero-order valence-electron chi connectivity index (χ0n) is 17.2. The number of hydrazone groups is 1. The third kappa shape index (κ3) is 4.90. The van der Waals surface area contributed by atoms with E-state index < -0.39 is 0 Å². The topological polar surface area (TPSA) is 76.3 Å². The predicted molar refractivity (Wildman–Crippen MR) is 130 cm³/mol. The van der Waals surface area contributed by atoms with E-state index in [2.05, 4.69) is 15.5 Å². The summed E-state index contributed by atoms with van der Waals surface area (Å²) in [4.78, 5) is 30.3. The summed E-state index contributed by atoms with van der Waals surface area (Å²) in [6.07, 6.45) is 1.54. The molecule has 4 rings (SSSR count). The van der Waals surface area contributed by atoms with Gasteiger partial charge in [0.05, 0.1) is 28.6 Å². The number of amides is 1. The van der Waals surface area contributed by atoms with Gasteiger partial charge in [-0.15, -0.1) is 0 Å². The summed E-state index contributed by atoms with van der Waals surface area (Å²) >= 11 is 7.05. The van der Waals surface area contributed by atoms with Crippen LogP contribution in [0, 0.1) is 6.92 Å². The Morgan fingerprint density at radius 2 is 1.81 bits per heavy atom. The van der Waals surface area contributed by atoms with E-state index in [0.717, 1.165) is 16.8 Å². The van der Waals surface area contributed by atoms with Crippen molar-refractivity contribution in [2.75, 3.05) is 5.75 Å². The number of aromatic nitrogens is 2. The highest BCUT2D eigenvalue weighted by Gasteiger charge is 2.15. The van der Waals surface area contributed by atoms with Gasteiger partial charge in [-0.25, -0.2) is 10.4 Å². The normalized spacial score (nSPS) is 11.2. The van der Waals surface area contributed by atoms with Gasteiger partial charge in [0.25, 0.3) is 11.5 Å². The van der Waals surface area contributed by atoms with Crippen molar-refractivity contribution in [3.05, 3.63) is 99.3 Å². The van der Waals surface area contributed by atoms with E-state index >= 15 is 0 Å². The third-order valence-corrected chi connectivity index (χ3v) is 5.90. The maximum Gasteiger partial charge on any atom is 0.266 e. The van der Waals surface area contributed by atoms with Crippen LogP contribution in [-0.2, 0) is 4.79 Å². The van der Waals surface area contributed by atoms with Gasteiger partial charge in [-0.1, -0.05) is 65.8 Å². The van der Waals surface area contributed by atoms with Gasteiger partial charge in [0, 0.05) is 5.02 Å². The number of para-hydroxylation sites is 2. The van der Waals surface area contributed by atoms with Crippen LogP contribution in [0.15, 0.2) is 87.8 Å². The van der Waals surface area contributed by atoms with Crippen LogP contribution >= 0.6 is 23.4 Å². The molecule has 3 aromatic carbocycles. The maximum atomic E-state index is 13.3. The summed E-state index contributed by atoms with van der Waals surface area (Å²) in [5, 5.41) is 5.57. The van der Waals surface area contributed by atoms with Gasteiger partial charge in [-0.3, -0.25) is 14.2 Å². The van der Waals surface area contributed by atoms with E-state index in [9.17, 15) is 9.59 Å². The fourth-order valence-corrected chi connectivity index (χ4v) is 4.05. The van der Waals surface area contributed by atoms with Gasteiger partial charge in [-0.2, -0.15) is 5.10 Å². The average molecular weight is 463 g/mol. The standard InChI is InChI=1S/C24H19ClN4O2S/c1-16-6-2-5-9-21(16)29-23(31)19-7-3-4-8-20(19)27-24(29)32-15-22(30)28-26-14-17-10-12-18(25)13-11-17/h2-14H,15H2,1H3,(H,28,30). The van der Waals surface area contributed by atoms with Crippen LogP contribution in [0.4, 0.5) is 0 Å². The molecule has 0 saturated carbocycles. The molecule has 0 aliphatic heterocycles. The van der Waals surface area contributed by atoms with Crippen molar-refractivity contribution in [2.45, 2.75) is 12.1 Å². The van der Waals surface area contributed by atoms with Crippen molar-refractivity contribution in [3.63, 3.8) is 0 Å². The van der Waals surface area contributed by atoms with Crippen LogP contribution in [0.2, 0.25) is 5.02 Å². The molecule has 0 unspecified atom stereocenters. The molecule has 0 radical (unpaired) electrons. The Bertz CT molecular complexity index is 1370. The highest BCUT2D eigenvalue weighted by molar-refractivity contribution is 7.99. The van der Waals surface area contributed by atoms with Crippen LogP contribution in [0.3, 0.4) is 0 Å². The lowest BCUT2D eigenvalue weighted by Crippen LogP contribution is -2.24. The number of hydrogen-bond acceptors (Lipinski definition) is 5. The van der Waals surface area contributed by atoms with Gasteiger partial charge in [0.1, 0.15) is 0 Å². The van der Waals surface area contributed by atoms with Crippen LogP contribution in [-0.4, -0.2) is 27.4 Å². The second-order valence-corrected chi connectivity index (χ2v) is 8.35. The first-order valence-electron chi connectivity index (χ1n) is 9.81. The molecule has 160 valence electrons. The molecule has 0 atom stereocenters. The highest BCUT2D eigenvalue weighted by Crippen LogP contribution is 2.23. The Morgan fingerprint density at radius 3 is 2.59 bits per heavy atom. The summed E-state index contributed by atoms with van der Waals surface area (Å²) in [5.41, 5.74) is 5.40. The molecule has 0 fully saturated rings. The second-order valence-electron chi connectivity index (χ2n) is 6.97. The van der Waals surface area contributed by atoms with Crippen molar-refractivity contribution < 1.29 is 4.79 Å². The molecule has 1 heterocycles. The van der Waals surface area contributed by atoms with Gasteiger partial charge >= 0.3 is 0 Å². The van der Waals surface area contributed by atoms with Gasteiger partial charge in [0.2, 0.25) is 0 Å². The first kappa shape index (κ1) is 21.8. The van der Waals surface area contributed by atoms with Gasteiger partial charge in [0.15, 0.2) is 5.16 Å². The number of hydrogen-bond donors (Lipinski definition) is 1. The van der Waals surface area contributed by atoms with Gasteiger partial charge < -0.3 is 0 Å². The van der Waals surface area contributed by atoms with E-state index in [0.29, 0.717) is 21.1 Å². The van der Waals surface area contributed by atoms with Crippen LogP contribution in [0.5, 0.6) is 0 Å². The Morgan fingerprint density at radius 1 is 1.09 bits per heavy atom. The quantitative estimate of drug-likeness (QED) is 0.197. The minimum Gasteiger partial charge on any atom is -0.272 e. The van der Waals surface area contributed by atoms with Crippen molar-refractivity contribution in [3.8, 4) is 5.69 Å². The zero-order valence-corrected chi connectivity index (χ0v) is 18.7. The number of carbonyl (C=O) groups is 1. The predicted octanol–water partition coefficient (Wildman–Crippen LogP) is 4.59. The summed E-state index contributed by atoms with van der Waals surface area (Å²) < 4.78 is 1.56. The molecule has 1 amide bonds. The number of rotatable bonds is 6. The Labute approximate surface area is 194 Å². The molecule has 4 aromatic rings. The Hall–Kier alpha value is -3.42. The third-order valence-electron chi connectivity index (χ3n) is 4.71. The van der Waals surface area contributed by atoms with E-state index in [1.165, 1.54) is 18.0 Å². The minimum absolute atomic E-state index is 0.0502. The lowest BCUT2D eigenvalue weighted by molar-refractivity contribution is -0.118. The second kappa shape index (κ2) is 9.80. The number of carbonyl (C=O) groups excluding carboxylic acids is 1. The van der Waals surface area contributed by atoms with Crippen LogP contribution in [0.25, 0.3) is 16.6 Å². The molecule has 1 N–H and O–H groups in total. The molecular formula is C24H19ClN4O2S. The first-order chi connectivity index (χ1) is 15.5. The molecule has 0 spiro atoms. The number of benzene rings is 3. The van der Waals surface area contributed by atoms with Crippen molar-refractivity contribution in [1.29, 1.82) is 0 Å². The lowest BCUT2D eigenvalue weighted by atomic mass is 10.2. The lowest BCUT2D eigenvalue weighted by Gasteiger charge is -2.14. The van der Waals surface area contributed by atoms with Crippen molar-refractivity contribution >= 4 is 46.4 Å². The number of halogens is 1. The van der Waals surface area contributed by atoms with Gasteiger partial charge in [-0.05, 0) is 48.4 Å². The molecule has 1 aromatic heterocycles. The molecule has 32 heavy (non-hydrogen) atoms. The number of aryl methyl sites for hydroxylation is 1. The minimum atomic E-state index is -0.307. The Balaban J connectivity index is 1.57. The molecule has 0 saturated heterocycles. The van der Waals surface area contributed by atoms with E-state index in [1.807, 2.05) is 43.3 Å². The summed E-state index contributed by atoms with van der Waals surface area (Å²) in [5.74, 6) is -0.256. The van der Waals surface area contributed by atoms with Crippen LogP contribution in [0.1, 0.15) is 11.1 Å². The molecule has 0 aliphatic rings. The van der Waals surface area contributed by atoms with Crippen molar-refractivity contribution in [2.24, 2.45) is 5.10 Å². The van der Waals surface area contributed by atoms with E-state index in [4.69, 9.17) is 11.6 Å².